The Bertz CT molecular complexity index is 336. The summed E-state index contributed by atoms with van der Waals surface area (Å²) in [5.74, 6) is -0.892. The lowest BCUT2D eigenvalue weighted by molar-refractivity contribution is -0.145. The van der Waals surface area contributed by atoms with Crippen LogP contribution in [0.15, 0.2) is 0 Å². The van der Waals surface area contributed by atoms with E-state index in [9.17, 15) is 10.1 Å². The summed E-state index contributed by atoms with van der Waals surface area (Å²) in [5.41, 5.74) is 0. The van der Waals surface area contributed by atoms with Crippen LogP contribution in [0.2, 0.25) is 25.2 Å². The number of nitrogens with zero attached hydrogens (tertiary/aromatic N) is 1. The van der Waals surface area contributed by atoms with Crippen molar-refractivity contribution in [2.24, 2.45) is 5.92 Å². The number of carbonyl (C=O) groups is 1. The van der Waals surface area contributed by atoms with Crippen molar-refractivity contribution < 1.29 is 9.53 Å². The normalized spacial score (nSPS) is 12.7. The number of nitriles is 1. The Hall–Kier alpha value is -0.823. The molecule has 0 bridgehead atoms. The summed E-state index contributed by atoms with van der Waals surface area (Å²) in [7, 11) is -1.48. The first kappa shape index (κ1) is 21.2. The van der Waals surface area contributed by atoms with Crippen LogP contribution in [0, 0.1) is 17.2 Å². The Morgan fingerprint density at radius 2 is 1.59 bits per heavy atom. The van der Waals surface area contributed by atoms with Crippen molar-refractivity contribution in [3.05, 3.63) is 0 Å². The molecule has 0 aromatic carbocycles. The Morgan fingerprint density at radius 1 is 1.05 bits per heavy atom. The molecule has 0 aromatic heterocycles. The van der Waals surface area contributed by atoms with Gasteiger partial charge in [0.05, 0.1) is 12.7 Å². The van der Waals surface area contributed by atoms with Crippen molar-refractivity contribution in [1.29, 1.82) is 5.26 Å². The molecule has 1 unspecified atom stereocenters. The highest BCUT2D eigenvalue weighted by Crippen LogP contribution is 2.25. The molecule has 0 amide bonds. The summed E-state index contributed by atoms with van der Waals surface area (Å²) < 4.78 is 4.99. The first-order valence-electron chi connectivity index (χ1n) is 9.03. The summed E-state index contributed by atoms with van der Waals surface area (Å²) in [4.78, 5) is 11.7. The van der Waals surface area contributed by atoms with Crippen LogP contribution in [0.5, 0.6) is 0 Å². The van der Waals surface area contributed by atoms with Gasteiger partial charge in [-0.05, 0) is 13.0 Å². The van der Waals surface area contributed by atoms with Gasteiger partial charge < -0.3 is 4.74 Å². The maximum Gasteiger partial charge on any atom is 0.323 e. The number of ether oxygens (including phenoxy) is 1. The van der Waals surface area contributed by atoms with Crippen molar-refractivity contribution in [2.75, 3.05) is 6.61 Å². The molecule has 0 aliphatic rings. The molecule has 0 fully saturated rings. The molecular weight excluding hydrogens is 290 g/mol. The van der Waals surface area contributed by atoms with Crippen LogP contribution in [0.4, 0.5) is 0 Å². The van der Waals surface area contributed by atoms with Gasteiger partial charge in [-0.25, -0.2) is 0 Å². The topological polar surface area (TPSA) is 50.1 Å². The molecule has 128 valence electrons. The van der Waals surface area contributed by atoms with E-state index in [2.05, 4.69) is 26.1 Å². The molecule has 0 N–H and O–H groups in total. The van der Waals surface area contributed by atoms with E-state index in [1.54, 1.807) is 6.92 Å². The second kappa shape index (κ2) is 12.7. The zero-order chi connectivity index (χ0) is 16.8. The average molecular weight is 326 g/mol. The third-order valence-corrected chi connectivity index (χ3v) is 7.41. The summed E-state index contributed by atoms with van der Waals surface area (Å²) in [5, 5.41) is 9.17. The third kappa shape index (κ3) is 10.8. The van der Waals surface area contributed by atoms with Crippen molar-refractivity contribution in [3.8, 4) is 6.07 Å². The van der Waals surface area contributed by atoms with E-state index in [1.165, 1.54) is 57.4 Å². The lowest BCUT2D eigenvalue weighted by atomic mass is 10.1. The highest BCUT2D eigenvalue weighted by molar-refractivity contribution is 6.77. The van der Waals surface area contributed by atoms with E-state index in [1.807, 2.05) is 0 Å². The third-order valence-electron chi connectivity index (χ3n) is 4.19. The van der Waals surface area contributed by atoms with Crippen LogP contribution in [0.3, 0.4) is 0 Å². The SMILES string of the molecule is CCCCCCCCCC[Si](C)(C)CC(C#N)C(=O)OCC. The molecule has 0 saturated carbocycles. The van der Waals surface area contributed by atoms with E-state index in [-0.39, 0.29) is 5.97 Å². The zero-order valence-corrected chi connectivity index (χ0v) is 16.1. The molecule has 0 rings (SSSR count). The maximum absolute atomic E-state index is 11.7. The quantitative estimate of drug-likeness (QED) is 0.254. The zero-order valence-electron chi connectivity index (χ0n) is 15.1. The number of hydrogen-bond acceptors (Lipinski definition) is 3. The first-order valence-corrected chi connectivity index (χ1v) is 12.4. The fraction of sp³-hybridized carbons (Fsp3) is 0.889. The van der Waals surface area contributed by atoms with E-state index >= 15 is 0 Å². The summed E-state index contributed by atoms with van der Waals surface area (Å²) in [6, 6.07) is 4.08. The Morgan fingerprint density at radius 3 is 2.09 bits per heavy atom. The molecule has 0 saturated heterocycles. The van der Waals surface area contributed by atoms with Gasteiger partial charge in [-0.15, -0.1) is 0 Å². The van der Waals surface area contributed by atoms with Crippen molar-refractivity contribution in [3.63, 3.8) is 0 Å². The minimum absolute atomic E-state index is 0.332. The van der Waals surface area contributed by atoms with Crippen molar-refractivity contribution in [1.82, 2.24) is 0 Å². The van der Waals surface area contributed by atoms with Gasteiger partial charge in [0.15, 0.2) is 0 Å². The fourth-order valence-corrected chi connectivity index (χ4v) is 5.59. The van der Waals surface area contributed by atoms with Crippen LogP contribution in [-0.2, 0) is 9.53 Å². The van der Waals surface area contributed by atoms with E-state index in [4.69, 9.17) is 4.74 Å². The average Bonchev–Trinajstić information content (AvgIpc) is 2.47. The minimum Gasteiger partial charge on any atom is -0.465 e. The predicted molar refractivity (Wildman–Crippen MR) is 95.4 cm³/mol. The van der Waals surface area contributed by atoms with Gasteiger partial charge in [-0.1, -0.05) is 77.4 Å². The maximum atomic E-state index is 11.7. The van der Waals surface area contributed by atoms with E-state index in [0.717, 1.165) is 6.04 Å². The summed E-state index contributed by atoms with van der Waals surface area (Å²) in [6.45, 7) is 8.97. The van der Waals surface area contributed by atoms with Gasteiger partial charge in [0.1, 0.15) is 5.92 Å². The van der Waals surface area contributed by atoms with Crippen LogP contribution in [0.25, 0.3) is 0 Å². The Balaban J connectivity index is 3.89. The Kier molecular flexibility index (Phi) is 12.2. The van der Waals surface area contributed by atoms with E-state index < -0.39 is 14.0 Å². The number of hydrogen-bond donors (Lipinski definition) is 0. The molecule has 4 heteroatoms. The van der Waals surface area contributed by atoms with Crippen molar-refractivity contribution in [2.45, 2.75) is 90.4 Å². The number of unbranched alkanes of at least 4 members (excludes halogenated alkanes) is 7. The van der Waals surface area contributed by atoms with Crippen LogP contribution in [-0.4, -0.2) is 20.7 Å². The number of rotatable bonds is 13. The Labute approximate surface area is 138 Å². The van der Waals surface area contributed by atoms with E-state index in [0.29, 0.717) is 6.61 Å². The molecule has 0 aliphatic carbocycles. The largest absolute Gasteiger partial charge is 0.465 e. The summed E-state index contributed by atoms with van der Waals surface area (Å²) >= 11 is 0. The van der Waals surface area contributed by atoms with Crippen molar-refractivity contribution >= 4 is 14.0 Å². The molecule has 0 heterocycles. The molecule has 0 spiro atoms. The molecule has 22 heavy (non-hydrogen) atoms. The molecule has 3 nitrogen and oxygen atoms in total. The van der Waals surface area contributed by atoms with Gasteiger partial charge in [-0.3, -0.25) is 4.79 Å². The van der Waals surface area contributed by atoms with Gasteiger partial charge in [0, 0.05) is 8.07 Å². The highest BCUT2D eigenvalue weighted by Gasteiger charge is 2.30. The van der Waals surface area contributed by atoms with Gasteiger partial charge >= 0.3 is 5.97 Å². The summed E-state index contributed by atoms with van der Waals surface area (Å²) in [6.07, 6.45) is 10.6. The van der Waals surface area contributed by atoms with Crippen LogP contribution >= 0.6 is 0 Å². The van der Waals surface area contributed by atoms with Gasteiger partial charge in [0.2, 0.25) is 0 Å². The second-order valence-electron chi connectivity index (χ2n) is 7.03. The predicted octanol–water partition coefficient (Wildman–Crippen LogP) is 5.54. The lowest BCUT2D eigenvalue weighted by Gasteiger charge is -2.24. The monoisotopic (exact) mass is 325 g/mol. The second-order valence-corrected chi connectivity index (χ2v) is 12.3. The van der Waals surface area contributed by atoms with Crippen LogP contribution < -0.4 is 0 Å². The molecule has 1 atom stereocenters. The van der Waals surface area contributed by atoms with Crippen LogP contribution in [0.1, 0.15) is 65.2 Å². The molecular formula is C18H35NO2Si. The first-order chi connectivity index (χ1) is 10.5. The molecule has 0 aromatic rings. The van der Waals surface area contributed by atoms with Gasteiger partial charge in [0.25, 0.3) is 0 Å². The standard InChI is InChI=1S/C18H35NO2Si/c1-5-7-8-9-10-11-12-13-14-22(3,4)16-17(15-19)18(20)21-6-2/h17H,5-14,16H2,1-4H3. The smallest absolute Gasteiger partial charge is 0.323 e. The molecule has 0 aliphatic heterocycles. The lowest BCUT2D eigenvalue weighted by Crippen LogP contribution is -2.31. The minimum atomic E-state index is -1.48. The molecule has 0 radical (unpaired) electrons. The fourth-order valence-electron chi connectivity index (χ4n) is 2.82. The highest BCUT2D eigenvalue weighted by atomic mass is 28.3. The van der Waals surface area contributed by atoms with Gasteiger partial charge in [-0.2, -0.15) is 5.26 Å². The number of carbonyl (C=O) groups excluding carboxylic acids is 1. The number of esters is 1.